The van der Waals surface area contributed by atoms with Crippen molar-refractivity contribution in [1.29, 1.82) is 0 Å². The lowest BCUT2D eigenvalue weighted by molar-refractivity contribution is 0.0769. The van der Waals surface area contributed by atoms with E-state index >= 15 is 0 Å². The lowest BCUT2D eigenvalue weighted by Gasteiger charge is -2.38. The Morgan fingerprint density at radius 3 is 2.30 bits per heavy atom. The molecule has 2 N–H and O–H groups in total. The number of fused-ring (bicyclic) bond motifs is 2. The first kappa shape index (κ1) is 37.7. The zero-order chi connectivity index (χ0) is 37.9. The minimum atomic E-state index is -0.778. The SMILES string of the molecule is C=CCN(C)CC(O)COc1c(OC)cc2c3c1Oc1cc4c(cc1CO)CCN(C)[C@H]4Cc1ccc(cc1)Oc1cc(ccc1OC)C[C@@H]3N(C)CC2. The Hall–Kier alpha value is -4.58. The van der Waals surface area contributed by atoms with E-state index in [0.717, 1.165) is 54.8 Å². The van der Waals surface area contributed by atoms with Gasteiger partial charge in [-0.2, -0.15) is 0 Å². The highest BCUT2D eigenvalue weighted by atomic mass is 16.5. The highest BCUT2D eigenvalue weighted by Gasteiger charge is 2.35. The molecule has 10 nitrogen and oxygen atoms in total. The third kappa shape index (κ3) is 7.80. The Bertz CT molecular complexity index is 1970. The zero-order valence-corrected chi connectivity index (χ0v) is 32.1. The standard InChI is InChI=1S/C44H53N3O7/c1-7-16-45(2)25-33(49)27-52-43-41(51-6)23-31-15-18-47(4)37-20-29-10-13-38(50-5)40(21-29)53-34-11-8-28(9-12-34)19-36-35-24-39(54-44(43)42(31)37)32(26-48)22-30(35)14-17-46(36)3/h7-13,21-24,33,36-37,48-49H,1,14-20,25-27H2,2-6H3/t33?,36-,37-/m0/s1. The first-order valence-electron chi connectivity index (χ1n) is 18.8. The maximum atomic E-state index is 11.1. The maximum absolute atomic E-state index is 11.1. The van der Waals surface area contributed by atoms with Crippen LogP contribution in [-0.4, -0.2) is 99.2 Å². The van der Waals surface area contributed by atoms with Gasteiger partial charge in [0.15, 0.2) is 23.0 Å². The summed E-state index contributed by atoms with van der Waals surface area (Å²) in [6.45, 7) is 6.44. The highest BCUT2D eigenvalue weighted by Crippen LogP contribution is 2.51. The summed E-state index contributed by atoms with van der Waals surface area (Å²) in [4.78, 5) is 6.72. The van der Waals surface area contributed by atoms with Crippen molar-refractivity contribution < 1.29 is 33.9 Å². The van der Waals surface area contributed by atoms with Gasteiger partial charge in [0.1, 0.15) is 24.2 Å². The van der Waals surface area contributed by atoms with Gasteiger partial charge in [-0.1, -0.05) is 24.3 Å². The molecule has 0 radical (unpaired) electrons. The van der Waals surface area contributed by atoms with Crippen molar-refractivity contribution >= 4 is 0 Å². The Morgan fingerprint density at radius 2 is 1.57 bits per heavy atom. The van der Waals surface area contributed by atoms with Gasteiger partial charge in [0.25, 0.3) is 0 Å². The average molecular weight is 736 g/mol. The van der Waals surface area contributed by atoms with E-state index in [4.69, 9.17) is 23.7 Å². The molecule has 0 fully saturated rings. The summed E-state index contributed by atoms with van der Waals surface area (Å²) in [6, 6.07) is 20.7. The molecule has 1 unspecified atom stereocenters. The normalized spacial score (nSPS) is 18.8. The Morgan fingerprint density at radius 1 is 0.870 bits per heavy atom. The van der Waals surface area contributed by atoms with E-state index in [1.54, 1.807) is 14.2 Å². The molecule has 0 amide bonds. The zero-order valence-electron chi connectivity index (χ0n) is 32.1. The molecular formula is C44H53N3O7. The van der Waals surface area contributed by atoms with Gasteiger partial charge in [-0.3, -0.25) is 9.80 Å². The van der Waals surface area contributed by atoms with Crippen LogP contribution in [0.3, 0.4) is 0 Å². The summed E-state index contributed by atoms with van der Waals surface area (Å²) in [5, 5.41) is 21.9. The van der Waals surface area contributed by atoms with E-state index < -0.39 is 6.10 Å². The molecule has 4 heterocycles. The number of aliphatic hydroxyl groups excluding tert-OH is 2. The van der Waals surface area contributed by atoms with Crippen molar-refractivity contribution in [2.45, 2.75) is 50.5 Å². The lowest BCUT2D eigenvalue weighted by Crippen LogP contribution is -2.35. The molecule has 54 heavy (non-hydrogen) atoms. The number of hydrogen-bond donors (Lipinski definition) is 2. The third-order valence-electron chi connectivity index (χ3n) is 11.1. The summed E-state index contributed by atoms with van der Waals surface area (Å²) < 4.78 is 32.0. The number of rotatable bonds is 10. The van der Waals surface area contributed by atoms with Gasteiger partial charge in [0.05, 0.1) is 20.8 Å². The van der Waals surface area contributed by atoms with Gasteiger partial charge >= 0.3 is 0 Å². The summed E-state index contributed by atoms with van der Waals surface area (Å²) in [5.41, 5.74) is 7.43. The quantitative estimate of drug-likeness (QED) is 0.176. The Labute approximate surface area is 319 Å². The van der Waals surface area contributed by atoms with E-state index in [0.29, 0.717) is 59.6 Å². The fraction of sp³-hybridized carbons (Fsp3) is 0.409. The molecule has 286 valence electrons. The lowest BCUT2D eigenvalue weighted by atomic mass is 9.86. The van der Waals surface area contributed by atoms with E-state index in [1.807, 2.05) is 36.2 Å². The summed E-state index contributed by atoms with van der Waals surface area (Å²) >= 11 is 0. The molecular weight excluding hydrogens is 682 g/mol. The molecule has 6 bridgehead atoms. The second kappa shape index (κ2) is 16.4. The van der Waals surface area contributed by atoms with Crippen LogP contribution in [0, 0.1) is 0 Å². The predicted molar refractivity (Wildman–Crippen MR) is 210 cm³/mol. The maximum Gasteiger partial charge on any atom is 0.204 e. The average Bonchev–Trinajstić information content (AvgIpc) is 3.16. The van der Waals surface area contributed by atoms with Gasteiger partial charge in [0, 0.05) is 49.4 Å². The first-order chi connectivity index (χ1) is 26.2. The monoisotopic (exact) mass is 735 g/mol. The molecule has 10 heteroatoms. The molecule has 8 rings (SSSR count). The van der Waals surface area contributed by atoms with Crippen LogP contribution in [-0.2, 0) is 32.3 Å². The van der Waals surface area contributed by atoms with Crippen LogP contribution < -0.4 is 23.7 Å². The Kier molecular flexibility index (Phi) is 11.5. The largest absolute Gasteiger partial charge is 0.493 e. The molecule has 4 aromatic carbocycles. The number of aliphatic hydroxyl groups is 2. The third-order valence-corrected chi connectivity index (χ3v) is 11.1. The summed E-state index contributed by atoms with van der Waals surface area (Å²) in [7, 11) is 9.52. The van der Waals surface area contributed by atoms with Crippen molar-refractivity contribution in [2.24, 2.45) is 0 Å². The van der Waals surface area contributed by atoms with E-state index in [1.165, 1.54) is 16.7 Å². The number of hydrogen-bond acceptors (Lipinski definition) is 10. The smallest absolute Gasteiger partial charge is 0.204 e. The van der Waals surface area contributed by atoms with E-state index in [9.17, 15) is 10.2 Å². The van der Waals surface area contributed by atoms with Gasteiger partial charge < -0.3 is 38.8 Å². The molecule has 0 spiro atoms. The van der Waals surface area contributed by atoms with Crippen LogP contribution in [0.4, 0.5) is 0 Å². The molecule has 0 saturated heterocycles. The van der Waals surface area contributed by atoms with E-state index in [-0.39, 0.29) is 25.3 Å². The Balaban J connectivity index is 1.42. The predicted octanol–water partition coefficient (Wildman–Crippen LogP) is 6.50. The van der Waals surface area contributed by atoms with Crippen LogP contribution >= 0.6 is 0 Å². The number of ether oxygens (including phenoxy) is 5. The number of methoxy groups -OCH3 is 2. The fourth-order valence-electron chi connectivity index (χ4n) is 8.16. The van der Waals surface area contributed by atoms with Gasteiger partial charge in [0.2, 0.25) is 5.75 Å². The van der Waals surface area contributed by atoms with Gasteiger partial charge in [-0.05, 0) is 117 Å². The molecule has 0 saturated carbocycles. The molecule has 4 aliphatic rings. The second-order valence-electron chi connectivity index (χ2n) is 14.8. The second-order valence-corrected chi connectivity index (χ2v) is 14.8. The van der Waals surface area contributed by atoms with Crippen LogP contribution in [0.15, 0.2) is 73.3 Å². The van der Waals surface area contributed by atoms with Gasteiger partial charge in [-0.15, -0.1) is 6.58 Å². The van der Waals surface area contributed by atoms with E-state index in [2.05, 4.69) is 72.9 Å². The van der Waals surface area contributed by atoms with Gasteiger partial charge in [-0.25, -0.2) is 0 Å². The van der Waals surface area contributed by atoms with Crippen molar-refractivity contribution in [3.8, 4) is 40.2 Å². The number of likely N-dealkylation sites (N-methyl/N-ethyl adjacent to an activating group) is 3. The van der Waals surface area contributed by atoms with Crippen LogP contribution in [0.25, 0.3) is 0 Å². The first-order valence-corrected chi connectivity index (χ1v) is 18.8. The van der Waals surface area contributed by atoms with Crippen molar-refractivity contribution in [3.05, 3.63) is 112 Å². The molecule has 0 aromatic heterocycles. The molecule has 4 aromatic rings. The van der Waals surface area contributed by atoms with Crippen molar-refractivity contribution in [3.63, 3.8) is 0 Å². The van der Waals surface area contributed by atoms with Crippen LogP contribution in [0.5, 0.6) is 40.2 Å². The topological polar surface area (TPSA) is 96.3 Å². The summed E-state index contributed by atoms with van der Waals surface area (Å²) in [5.74, 6) is 4.10. The summed E-state index contributed by atoms with van der Waals surface area (Å²) in [6.07, 6.45) is 4.11. The minimum absolute atomic E-state index is 0.0229. The van der Waals surface area contributed by atoms with Crippen LogP contribution in [0.2, 0.25) is 0 Å². The molecule has 0 aliphatic carbocycles. The van der Waals surface area contributed by atoms with Crippen molar-refractivity contribution in [2.75, 3.05) is 68.1 Å². The number of benzene rings is 4. The highest BCUT2D eigenvalue weighted by molar-refractivity contribution is 5.63. The number of nitrogens with zero attached hydrogens (tertiary/aromatic N) is 3. The molecule has 4 aliphatic heterocycles. The van der Waals surface area contributed by atoms with Crippen LogP contribution in [0.1, 0.15) is 51.0 Å². The van der Waals surface area contributed by atoms with Crippen molar-refractivity contribution in [1.82, 2.24) is 14.7 Å². The minimum Gasteiger partial charge on any atom is -0.493 e. The fourth-order valence-corrected chi connectivity index (χ4v) is 8.16. The molecule has 3 atom stereocenters.